The van der Waals surface area contributed by atoms with Crippen molar-refractivity contribution in [1.29, 1.82) is 0 Å². The minimum atomic E-state index is -0.168. The van der Waals surface area contributed by atoms with Crippen molar-refractivity contribution in [2.75, 3.05) is 13.1 Å². The van der Waals surface area contributed by atoms with E-state index in [1.807, 2.05) is 6.92 Å². The van der Waals surface area contributed by atoms with E-state index in [0.29, 0.717) is 11.5 Å². The van der Waals surface area contributed by atoms with Gasteiger partial charge in [-0.25, -0.2) is 0 Å². The van der Waals surface area contributed by atoms with Crippen molar-refractivity contribution in [3.63, 3.8) is 0 Å². The van der Waals surface area contributed by atoms with E-state index in [0.717, 1.165) is 19.5 Å². The van der Waals surface area contributed by atoms with Crippen LogP contribution in [0, 0.1) is 6.92 Å². The molecule has 0 spiro atoms. The lowest BCUT2D eigenvalue weighted by Crippen LogP contribution is -2.47. The van der Waals surface area contributed by atoms with Crippen LogP contribution < -0.4 is 10.6 Å². The van der Waals surface area contributed by atoms with Gasteiger partial charge in [-0.1, -0.05) is 5.16 Å². The average Bonchev–Trinajstić information content (AvgIpc) is 2.75. The predicted octanol–water partition coefficient (Wildman–Crippen LogP) is 0.465. The fourth-order valence-electron chi connectivity index (χ4n) is 1.74. The molecule has 82 valence electrons. The molecule has 2 heterocycles. The molecule has 1 fully saturated rings. The molecule has 0 saturated carbocycles. The third kappa shape index (κ3) is 2.18. The first-order valence-electron chi connectivity index (χ1n) is 5.06. The monoisotopic (exact) mass is 209 g/mol. The van der Waals surface area contributed by atoms with Gasteiger partial charge >= 0.3 is 0 Å². The molecule has 2 rings (SSSR count). The van der Waals surface area contributed by atoms with Crippen LogP contribution in [-0.2, 0) is 0 Å². The van der Waals surface area contributed by atoms with E-state index in [-0.39, 0.29) is 11.4 Å². The zero-order valence-corrected chi connectivity index (χ0v) is 8.96. The zero-order chi connectivity index (χ0) is 10.9. The van der Waals surface area contributed by atoms with Gasteiger partial charge in [0.15, 0.2) is 5.69 Å². The summed E-state index contributed by atoms with van der Waals surface area (Å²) in [5.74, 6) is 0.480. The molecular weight excluding hydrogens is 194 g/mol. The highest BCUT2D eigenvalue weighted by Crippen LogP contribution is 2.14. The summed E-state index contributed by atoms with van der Waals surface area (Å²) in [6.45, 7) is 5.53. The number of aryl methyl sites for hydroxylation is 1. The van der Waals surface area contributed by atoms with Crippen molar-refractivity contribution in [1.82, 2.24) is 15.8 Å². The molecule has 2 N–H and O–H groups in total. The van der Waals surface area contributed by atoms with Gasteiger partial charge in [0.1, 0.15) is 5.76 Å². The van der Waals surface area contributed by atoms with Crippen molar-refractivity contribution in [2.45, 2.75) is 25.8 Å². The van der Waals surface area contributed by atoms with E-state index in [4.69, 9.17) is 4.52 Å². The number of hydrogen-bond donors (Lipinski definition) is 2. The maximum atomic E-state index is 11.8. The van der Waals surface area contributed by atoms with E-state index >= 15 is 0 Å². The van der Waals surface area contributed by atoms with E-state index in [2.05, 4.69) is 15.8 Å². The summed E-state index contributed by atoms with van der Waals surface area (Å²) in [6, 6.07) is 1.64. The number of amides is 1. The van der Waals surface area contributed by atoms with Crippen molar-refractivity contribution in [3.05, 3.63) is 17.5 Å². The molecule has 1 saturated heterocycles. The van der Waals surface area contributed by atoms with Gasteiger partial charge in [0, 0.05) is 12.6 Å². The molecular formula is C10H15N3O2. The van der Waals surface area contributed by atoms with Crippen LogP contribution in [0.3, 0.4) is 0 Å². The Morgan fingerprint density at radius 2 is 2.53 bits per heavy atom. The molecule has 0 bridgehead atoms. The molecule has 5 nitrogen and oxygen atoms in total. The van der Waals surface area contributed by atoms with E-state index in [1.54, 1.807) is 13.0 Å². The average molecular weight is 209 g/mol. The number of carbonyl (C=O) groups is 1. The van der Waals surface area contributed by atoms with Gasteiger partial charge in [-0.05, 0) is 26.8 Å². The van der Waals surface area contributed by atoms with Gasteiger partial charge in [0.25, 0.3) is 5.91 Å². The first kappa shape index (κ1) is 10.2. The van der Waals surface area contributed by atoms with Gasteiger partial charge in [-0.15, -0.1) is 0 Å². The number of hydrogen-bond acceptors (Lipinski definition) is 4. The number of carbonyl (C=O) groups excluding carboxylic acids is 1. The number of nitrogens with one attached hydrogen (secondary N) is 2. The van der Waals surface area contributed by atoms with Crippen LogP contribution in [0.25, 0.3) is 0 Å². The molecule has 15 heavy (non-hydrogen) atoms. The van der Waals surface area contributed by atoms with Crippen LogP contribution >= 0.6 is 0 Å². The molecule has 1 atom stereocenters. The molecule has 1 amide bonds. The zero-order valence-electron chi connectivity index (χ0n) is 8.96. The first-order valence-corrected chi connectivity index (χ1v) is 5.06. The van der Waals surface area contributed by atoms with Gasteiger partial charge in [-0.3, -0.25) is 4.79 Å². The van der Waals surface area contributed by atoms with Crippen molar-refractivity contribution in [2.24, 2.45) is 0 Å². The minimum Gasteiger partial charge on any atom is -0.361 e. The van der Waals surface area contributed by atoms with Crippen LogP contribution in [0.4, 0.5) is 0 Å². The third-order valence-electron chi connectivity index (χ3n) is 2.64. The largest absolute Gasteiger partial charge is 0.361 e. The highest BCUT2D eigenvalue weighted by atomic mass is 16.5. The summed E-state index contributed by atoms with van der Waals surface area (Å²) >= 11 is 0. The van der Waals surface area contributed by atoms with E-state index < -0.39 is 0 Å². The van der Waals surface area contributed by atoms with Crippen LogP contribution in [0.15, 0.2) is 10.6 Å². The fourth-order valence-corrected chi connectivity index (χ4v) is 1.74. The maximum absolute atomic E-state index is 11.8. The topological polar surface area (TPSA) is 67.2 Å². The van der Waals surface area contributed by atoms with Crippen molar-refractivity contribution < 1.29 is 9.32 Å². The van der Waals surface area contributed by atoms with Gasteiger partial charge in [0.05, 0.1) is 5.54 Å². The standard InChI is InChI=1S/C10H15N3O2/c1-7-5-8(13-15-7)9(14)12-10(2)3-4-11-6-10/h5,11H,3-4,6H2,1-2H3,(H,12,14). The molecule has 1 aliphatic rings. The summed E-state index contributed by atoms with van der Waals surface area (Å²) in [7, 11) is 0. The Morgan fingerprint density at radius 3 is 3.07 bits per heavy atom. The molecule has 0 aromatic carbocycles. The second-order valence-corrected chi connectivity index (χ2v) is 4.26. The summed E-state index contributed by atoms with van der Waals surface area (Å²) in [6.07, 6.45) is 0.940. The Bertz CT molecular complexity index is 366. The minimum absolute atomic E-state index is 0.163. The first-order chi connectivity index (χ1) is 7.09. The Balaban J connectivity index is 2.03. The Labute approximate surface area is 88.2 Å². The van der Waals surface area contributed by atoms with Crippen LogP contribution in [-0.4, -0.2) is 29.7 Å². The smallest absolute Gasteiger partial charge is 0.273 e. The fraction of sp³-hybridized carbons (Fsp3) is 0.600. The Morgan fingerprint density at radius 1 is 1.73 bits per heavy atom. The van der Waals surface area contributed by atoms with Crippen LogP contribution in [0.1, 0.15) is 29.6 Å². The Kier molecular flexibility index (Phi) is 2.48. The lowest BCUT2D eigenvalue weighted by atomic mass is 10.0. The Hall–Kier alpha value is -1.36. The molecule has 5 heteroatoms. The van der Waals surface area contributed by atoms with Crippen molar-refractivity contribution >= 4 is 5.91 Å². The third-order valence-corrected chi connectivity index (χ3v) is 2.64. The number of aromatic nitrogens is 1. The quantitative estimate of drug-likeness (QED) is 0.742. The normalized spacial score (nSPS) is 25.5. The highest BCUT2D eigenvalue weighted by molar-refractivity contribution is 5.92. The highest BCUT2D eigenvalue weighted by Gasteiger charge is 2.31. The van der Waals surface area contributed by atoms with E-state index in [1.165, 1.54) is 0 Å². The lowest BCUT2D eigenvalue weighted by Gasteiger charge is -2.23. The van der Waals surface area contributed by atoms with E-state index in [9.17, 15) is 4.79 Å². The lowest BCUT2D eigenvalue weighted by molar-refractivity contribution is 0.0904. The van der Waals surface area contributed by atoms with Crippen molar-refractivity contribution in [3.8, 4) is 0 Å². The maximum Gasteiger partial charge on any atom is 0.273 e. The number of nitrogens with zero attached hydrogens (tertiary/aromatic N) is 1. The molecule has 1 unspecified atom stereocenters. The molecule has 0 aliphatic carbocycles. The molecule has 0 radical (unpaired) electrons. The van der Waals surface area contributed by atoms with Gasteiger partial charge in [0.2, 0.25) is 0 Å². The summed E-state index contributed by atoms with van der Waals surface area (Å²) in [5, 5.41) is 9.86. The SMILES string of the molecule is Cc1cc(C(=O)NC2(C)CCNC2)no1. The summed E-state index contributed by atoms with van der Waals surface area (Å²) in [5.41, 5.74) is 0.185. The predicted molar refractivity (Wildman–Crippen MR) is 54.6 cm³/mol. The van der Waals surface area contributed by atoms with Crippen LogP contribution in [0.2, 0.25) is 0 Å². The van der Waals surface area contributed by atoms with Crippen LogP contribution in [0.5, 0.6) is 0 Å². The van der Waals surface area contributed by atoms with Gasteiger partial charge < -0.3 is 15.2 Å². The summed E-state index contributed by atoms with van der Waals surface area (Å²) < 4.78 is 4.86. The second kappa shape index (κ2) is 3.66. The molecule has 1 aliphatic heterocycles. The molecule has 1 aromatic heterocycles. The van der Waals surface area contributed by atoms with Gasteiger partial charge in [-0.2, -0.15) is 0 Å². The summed E-state index contributed by atoms with van der Waals surface area (Å²) in [4.78, 5) is 11.8. The second-order valence-electron chi connectivity index (χ2n) is 4.26. The number of rotatable bonds is 2. The molecule has 1 aromatic rings.